The molecule has 0 saturated heterocycles. The Hall–Kier alpha value is -0.570. The molecule has 18 heavy (non-hydrogen) atoms. The fourth-order valence-corrected chi connectivity index (χ4v) is 1.94. The molecule has 0 fully saturated rings. The second kappa shape index (κ2) is 12.9. The van der Waals surface area contributed by atoms with Crippen molar-refractivity contribution in [2.45, 2.75) is 64.7 Å². The van der Waals surface area contributed by atoms with E-state index in [1.165, 1.54) is 32.1 Å². The van der Waals surface area contributed by atoms with Crippen LogP contribution >= 0.6 is 0 Å². The lowest BCUT2D eigenvalue weighted by Crippen LogP contribution is -2.24. The lowest BCUT2D eigenvalue weighted by Gasteiger charge is -2.09. The van der Waals surface area contributed by atoms with Crippen molar-refractivity contribution in [3.05, 3.63) is 0 Å². The summed E-state index contributed by atoms with van der Waals surface area (Å²) >= 11 is 0. The van der Waals surface area contributed by atoms with Crippen LogP contribution in [0.15, 0.2) is 0 Å². The van der Waals surface area contributed by atoms with E-state index in [2.05, 4.69) is 31.2 Å². The third-order valence-electron chi connectivity index (χ3n) is 3.11. The van der Waals surface area contributed by atoms with E-state index in [4.69, 9.17) is 0 Å². The number of hydrogen-bond acceptors (Lipinski definition) is 2. The number of nitrogens with one attached hydrogen (secondary N) is 1. The Morgan fingerprint density at radius 1 is 0.944 bits per heavy atom. The molecule has 0 saturated carbocycles. The summed E-state index contributed by atoms with van der Waals surface area (Å²) in [6, 6.07) is 0. The SMILES string of the molecule is CCCCCCCCC(=O)NCCCCN(C)C. The summed E-state index contributed by atoms with van der Waals surface area (Å²) in [7, 11) is 4.16. The molecule has 0 aromatic carbocycles. The highest BCUT2D eigenvalue weighted by atomic mass is 16.1. The first-order valence-electron chi connectivity index (χ1n) is 7.58. The molecule has 0 aromatic rings. The van der Waals surface area contributed by atoms with Gasteiger partial charge in [0.2, 0.25) is 5.91 Å². The quantitative estimate of drug-likeness (QED) is 0.544. The average Bonchev–Trinajstić information content (AvgIpc) is 2.33. The zero-order valence-electron chi connectivity index (χ0n) is 12.6. The molecule has 1 N–H and O–H groups in total. The smallest absolute Gasteiger partial charge is 0.219 e. The van der Waals surface area contributed by atoms with Crippen LogP contribution in [0.2, 0.25) is 0 Å². The Morgan fingerprint density at radius 3 is 2.28 bits per heavy atom. The van der Waals surface area contributed by atoms with E-state index >= 15 is 0 Å². The second-order valence-corrected chi connectivity index (χ2v) is 5.38. The average molecular weight is 256 g/mol. The number of unbranched alkanes of at least 4 members (excludes halogenated alkanes) is 6. The number of rotatable bonds is 12. The van der Waals surface area contributed by atoms with E-state index in [9.17, 15) is 4.79 Å². The summed E-state index contributed by atoms with van der Waals surface area (Å²) < 4.78 is 0. The molecule has 1 amide bonds. The Kier molecular flexibility index (Phi) is 12.5. The summed E-state index contributed by atoms with van der Waals surface area (Å²) in [4.78, 5) is 13.7. The second-order valence-electron chi connectivity index (χ2n) is 5.38. The fourth-order valence-electron chi connectivity index (χ4n) is 1.94. The first-order chi connectivity index (χ1) is 8.66. The van der Waals surface area contributed by atoms with Gasteiger partial charge in [-0.15, -0.1) is 0 Å². The fraction of sp³-hybridized carbons (Fsp3) is 0.933. The van der Waals surface area contributed by atoms with Gasteiger partial charge in [-0.05, 0) is 39.9 Å². The van der Waals surface area contributed by atoms with Crippen molar-refractivity contribution >= 4 is 5.91 Å². The van der Waals surface area contributed by atoms with E-state index < -0.39 is 0 Å². The van der Waals surface area contributed by atoms with Crippen LogP contribution in [0.1, 0.15) is 64.7 Å². The lowest BCUT2D eigenvalue weighted by molar-refractivity contribution is -0.121. The Labute approximate surface area is 113 Å². The number of amides is 1. The zero-order valence-corrected chi connectivity index (χ0v) is 12.6. The van der Waals surface area contributed by atoms with Crippen molar-refractivity contribution in [1.29, 1.82) is 0 Å². The molecule has 3 heteroatoms. The van der Waals surface area contributed by atoms with Gasteiger partial charge in [0, 0.05) is 13.0 Å². The number of carbonyl (C=O) groups excluding carboxylic acids is 1. The van der Waals surface area contributed by atoms with Gasteiger partial charge >= 0.3 is 0 Å². The van der Waals surface area contributed by atoms with Gasteiger partial charge < -0.3 is 10.2 Å². The minimum absolute atomic E-state index is 0.232. The molecule has 0 radical (unpaired) electrons. The molecule has 0 spiro atoms. The zero-order chi connectivity index (χ0) is 13.6. The van der Waals surface area contributed by atoms with E-state index in [0.717, 1.165) is 32.4 Å². The monoisotopic (exact) mass is 256 g/mol. The predicted octanol–water partition coefficient (Wildman–Crippen LogP) is 3.20. The summed E-state index contributed by atoms with van der Waals surface area (Å²) in [5.41, 5.74) is 0. The first-order valence-corrected chi connectivity index (χ1v) is 7.58. The van der Waals surface area contributed by atoms with Gasteiger partial charge in [0.15, 0.2) is 0 Å². The maximum atomic E-state index is 11.5. The Balaban J connectivity index is 3.17. The van der Waals surface area contributed by atoms with Crippen molar-refractivity contribution in [3.63, 3.8) is 0 Å². The van der Waals surface area contributed by atoms with Crippen molar-refractivity contribution < 1.29 is 4.79 Å². The van der Waals surface area contributed by atoms with Crippen molar-refractivity contribution in [2.75, 3.05) is 27.2 Å². The number of hydrogen-bond donors (Lipinski definition) is 1. The van der Waals surface area contributed by atoms with E-state index in [1.54, 1.807) is 0 Å². The van der Waals surface area contributed by atoms with Gasteiger partial charge in [-0.1, -0.05) is 39.0 Å². The minimum atomic E-state index is 0.232. The highest BCUT2D eigenvalue weighted by molar-refractivity contribution is 5.75. The largest absolute Gasteiger partial charge is 0.356 e. The highest BCUT2D eigenvalue weighted by Gasteiger charge is 2.00. The van der Waals surface area contributed by atoms with Gasteiger partial charge in [0.1, 0.15) is 0 Å². The molecule has 0 unspecified atom stereocenters. The number of nitrogens with zero attached hydrogens (tertiary/aromatic N) is 1. The molecular formula is C15H32N2O. The van der Waals surface area contributed by atoms with Crippen LogP contribution in [0.3, 0.4) is 0 Å². The van der Waals surface area contributed by atoms with E-state index in [0.29, 0.717) is 6.42 Å². The lowest BCUT2D eigenvalue weighted by atomic mass is 10.1. The predicted molar refractivity (Wildman–Crippen MR) is 78.8 cm³/mol. The van der Waals surface area contributed by atoms with Gasteiger partial charge in [0.25, 0.3) is 0 Å². The molecular weight excluding hydrogens is 224 g/mol. The molecule has 0 heterocycles. The topological polar surface area (TPSA) is 32.3 Å². The molecule has 0 aliphatic carbocycles. The standard InChI is InChI=1S/C15H32N2O/c1-4-5-6-7-8-9-12-15(18)16-13-10-11-14-17(2)3/h4-14H2,1-3H3,(H,16,18). The van der Waals surface area contributed by atoms with Crippen LogP contribution in [0.4, 0.5) is 0 Å². The van der Waals surface area contributed by atoms with Crippen LogP contribution < -0.4 is 5.32 Å². The third-order valence-corrected chi connectivity index (χ3v) is 3.11. The number of carbonyl (C=O) groups is 1. The van der Waals surface area contributed by atoms with Gasteiger partial charge in [-0.2, -0.15) is 0 Å². The van der Waals surface area contributed by atoms with Crippen molar-refractivity contribution in [3.8, 4) is 0 Å². The van der Waals surface area contributed by atoms with Crippen LogP contribution in [0.25, 0.3) is 0 Å². The van der Waals surface area contributed by atoms with E-state index in [1.807, 2.05) is 0 Å². The van der Waals surface area contributed by atoms with Crippen LogP contribution in [0.5, 0.6) is 0 Å². The molecule has 108 valence electrons. The first kappa shape index (κ1) is 17.4. The summed E-state index contributed by atoms with van der Waals surface area (Å²) in [6.45, 7) is 4.17. The van der Waals surface area contributed by atoms with Gasteiger partial charge in [0.05, 0.1) is 0 Å². The Bertz CT molecular complexity index is 193. The van der Waals surface area contributed by atoms with Crippen LogP contribution in [-0.2, 0) is 4.79 Å². The summed E-state index contributed by atoms with van der Waals surface area (Å²) in [5.74, 6) is 0.232. The maximum absolute atomic E-state index is 11.5. The van der Waals surface area contributed by atoms with Crippen molar-refractivity contribution in [2.24, 2.45) is 0 Å². The van der Waals surface area contributed by atoms with Gasteiger partial charge in [-0.25, -0.2) is 0 Å². The molecule has 0 aliphatic heterocycles. The summed E-state index contributed by atoms with van der Waals surface area (Å²) in [6.07, 6.45) is 10.4. The third kappa shape index (κ3) is 13.5. The molecule has 0 rings (SSSR count). The highest BCUT2D eigenvalue weighted by Crippen LogP contribution is 2.06. The molecule has 0 aromatic heterocycles. The molecule has 0 atom stereocenters. The molecule has 3 nitrogen and oxygen atoms in total. The summed E-state index contributed by atoms with van der Waals surface area (Å²) in [5, 5.41) is 3.00. The maximum Gasteiger partial charge on any atom is 0.219 e. The molecule has 0 aliphatic rings. The normalized spacial score (nSPS) is 10.9. The van der Waals surface area contributed by atoms with E-state index in [-0.39, 0.29) is 5.91 Å². The van der Waals surface area contributed by atoms with Gasteiger partial charge in [-0.3, -0.25) is 4.79 Å². The van der Waals surface area contributed by atoms with Crippen molar-refractivity contribution in [1.82, 2.24) is 10.2 Å². The Morgan fingerprint density at radius 2 is 1.61 bits per heavy atom. The molecule has 0 bridgehead atoms. The minimum Gasteiger partial charge on any atom is -0.356 e. The van der Waals surface area contributed by atoms with Crippen LogP contribution in [-0.4, -0.2) is 38.0 Å². The van der Waals surface area contributed by atoms with Crippen LogP contribution in [0, 0.1) is 0 Å².